The van der Waals surface area contributed by atoms with Crippen molar-refractivity contribution < 1.29 is 9.59 Å². The van der Waals surface area contributed by atoms with E-state index in [2.05, 4.69) is 20.9 Å². The molecule has 6 heteroatoms. The maximum absolute atomic E-state index is 12.3. The summed E-state index contributed by atoms with van der Waals surface area (Å²) in [7, 11) is 0. The zero-order valence-corrected chi connectivity index (χ0v) is 12.7. The molecule has 1 atom stereocenters. The highest BCUT2D eigenvalue weighted by molar-refractivity contribution is 5.95. The van der Waals surface area contributed by atoms with Crippen LogP contribution in [0.15, 0.2) is 12.1 Å². The molecule has 1 aromatic rings. The van der Waals surface area contributed by atoms with Gasteiger partial charge in [0.1, 0.15) is 5.82 Å². The molecule has 0 spiro atoms. The zero-order chi connectivity index (χ0) is 15.4. The molecule has 2 rings (SSSR count). The predicted octanol–water partition coefficient (Wildman–Crippen LogP) is 1.26. The first-order chi connectivity index (χ1) is 9.99. The topological polar surface area (TPSA) is 83.1 Å². The Hall–Kier alpha value is -2.11. The lowest BCUT2D eigenvalue weighted by Crippen LogP contribution is -2.36. The van der Waals surface area contributed by atoms with E-state index < -0.39 is 0 Å². The number of hydrogen-bond acceptors (Lipinski definition) is 4. The van der Waals surface area contributed by atoms with Gasteiger partial charge in [-0.3, -0.25) is 9.59 Å². The first kappa shape index (κ1) is 15.3. The maximum atomic E-state index is 12.3. The van der Waals surface area contributed by atoms with Crippen LogP contribution in [-0.2, 0) is 4.79 Å². The van der Waals surface area contributed by atoms with Gasteiger partial charge in [0, 0.05) is 30.8 Å². The number of anilines is 1. The second-order valence-electron chi connectivity index (χ2n) is 5.53. The van der Waals surface area contributed by atoms with Crippen LogP contribution in [0.25, 0.3) is 0 Å². The number of rotatable bonds is 5. The van der Waals surface area contributed by atoms with Crippen molar-refractivity contribution in [3.63, 3.8) is 0 Å². The quantitative estimate of drug-likeness (QED) is 0.762. The van der Waals surface area contributed by atoms with Crippen molar-refractivity contribution in [3.05, 3.63) is 23.4 Å². The van der Waals surface area contributed by atoms with Gasteiger partial charge >= 0.3 is 0 Å². The van der Waals surface area contributed by atoms with Crippen molar-refractivity contribution >= 4 is 17.6 Å². The normalized spacial score (nSPS) is 17.7. The van der Waals surface area contributed by atoms with E-state index in [0.29, 0.717) is 24.3 Å². The van der Waals surface area contributed by atoms with Gasteiger partial charge in [0.05, 0.1) is 6.04 Å². The van der Waals surface area contributed by atoms with Crippen LogP contribution in [0.4, 0.5) is 5.82 Å². The lowest BCUT2D eigenvalue weighted by atomic mass is 10.1. The van der Waals surface area contributed by atoms with Crippen LogP contribution in [0, 0.1) is 0 Å². The third kappa shape index (κ3) is 3.93. The van der Waals surface area contributed by atoms with Crippen LogP contribution in [0.1, 0.15) is 49.2 Å². The zero-order valence-electron chi connectivity index (χ0n) is 12.7. The number of amides is 2. The first-order valence-electron chi connectivity index (χ1n) is 7.33. The van der Waals surface area contributed by atoms with E-state index in [1.807, 2.05) is 26.8 Å². The molecule has 0 aliphatic carbocycles. The fourth-order valence-corrected chi connectivity index (χ4v) is 2.23. The lowest BCUT2D eigenvalue weighted by Gasteiger charge is -2.14. The molecule has 114 valence electrons. The Labute approximate surface area is 124 Å². The molecule has 0 aromatic carbocycles. The largest absolute Gasteiger partial charge is 0.370 e. The van der Waals surface area contributed by atoms with Gasteiger partial charge in [-0.15, -0.1) is 0 Å². The molecular formula is C15H22N4O2. The van der Waals surface area contributed by atoms with E-state index in [4.69, 9.17) is 0 Å². The summed E-state index contributed by atoms with van der Waals surface area (Å²) in [5.41, 5.74) is 1.45. The van der Waals surface area contributed by atoms with E-state index in [9.17, 15) is 9.59 Å². The Kier molecular flexibility index (Phi) is 4.77. The van der Waals surface area contributed by atoms with Crippen LogP contribution < -0.4 is 16.0 Å². The Morgan fingerprint density at radius 1 is 1.48 bits per heavy atom. The number of hydrogen-bond donors (Lipinski definition) is 3. The molecule has 1 aliphatic heterocycles. The molecule has 6 nitrogen and oxygen atoms in total. The molecule has 0 bridgehead atoms. The number of nitrogens with one attached hydrogen (secondary N) is 3. The number of carbonyl (C=O) groups excluding carboxylic acids is 2. The molecule has 1 aliphatic rings. The summed E-state index contributed by atoms with van der Waals surface area (Å²) in [4.78, 5) is 28.0. The van der Waals surface area contributed by atoms with Gasteiger partial charge in [0.2, 0.25) is 5.91 Å². The highest BCUT2D eigenvalue weighted by Gasteiger charge is 2.23. The summed E-state index contributed by atoms with van der Waals surface area (Å²) in [5.74, 6) is 0.755. The molecular weight excluding hydrogens is 268 g/mol. The van der Waals surface area contributed by atoms with E-state index in [-0.39, 0.29) is 23.8 Å². The highest BCUT2D eigenvalue weighted by atomic mass is 16.2. The summed E-state index contributed by atoms with van der Waals surface area (Å²) in [6.07, 6.45) is 0.341. The third-order valence-corrected chi connectivity index (χ3v) is 3.37. The van der Waals surface area contributed by atoms with E-state index >= 15 is 0 Å². The Morgan fingerprint density at radius 2 is 2.24 bits per heavy atom. The van der Waals surface area contributed by atoms with E-state index in [1.54, 1.807) is 6.07 Å². The van der Waals surface area contributed by atoms with Crippen LogP contribution in [0.2, 0.25) is 0 Å². The van der Waals surface area contributed by atoms with Gasteiger partial charge in [0.25, 0.3) is 5.91 Å². The summed E-state index contributed by atoms with van der Waals surface area (Å²) in [6.45, 7) is 7.31. The molecule has 3 N–H and O–H groups in total. The SMILES string of the molecule is CCNc1cc(C(=O)NC2CNC(=O)C2)cc(C(C)C)n1. The first-order valence-corrected chi connectivity index (χ1v) is 7.33. The van der Waals surface area contributed by atoms with Gasteiger partial charge in [-0.1, -0.05) is 13.8 Å². The number of aromatic nitrogens is 1. The fourth-order valence-electron chi connectivity index (χ4n) is 2.23. The van der Waals surface area contributed by atoms with Crippen molar-refractivity contribution in [1.82, 2.24) is 15.6 Å². The molecule has 1 fully saturated rings. The number of nitrogens with zero attached hydrogens (tertiary/aromatic N) is 1. The molecule has 0 radical (unpaired) electrons. The standard InChI is InChI=1S/C15H22N4O2/c1-4-16-13-6-10(5-12(19-13)9(2)3)15(21)18-11-7-14(20)17-8-11/h5-6,9,11H,4,7-8H2,1-3H3,(H,16,19)(H,17,20)(H,18,21). The van der Waals surface area contributed by atoms with Crippen LogP contribution in [0.5, 0.6) is 0 Å². The van der Waals surface area contributed by atoms with Crippen molar-refractivity contribution in [2.45, 2.75) is 39.2 Å². The monoisotopic (exact) mass is 290 g/mol. The van der Waals surface area contributed by atoms with Crippen molar-refractivity contribution in [1.29, 1.82) is 0 Å². The van der Waals surface area contributed by atoms with Crippen molar-refractivity contribution in [3.8, 4) is 0 Å². The Morgan fingerprint density at radius 3 is 2.81 bits per heavy atom. The van der Waals surface area contributed by atoms with Crippen LogP contribution >= 0.6 is 0 Å². The highest BCUT2D eigenvalue weighted by Crippen LogP contribution is 2.18. The van der Waals surface area contributed by atoms with Gasteiger partial charge in [-0.25, -0.2) is 4.98 Å². The van der Waals surface area contributed by atoms with E-state index in [0.717, 1.165) is 12.2 Å². The van der Waals surface area contributed by atoms with Gasteiger partial charge in [-0.05, 0) is 25.0 Å². The molecule has 2 amide bonds. The Balaban J connectivity index is 2.16. The van der Waals surface area contributed by atoms with Gasteiger partial charge in [-0.2, -0.15) is 0 Å². The molecule has 1 unspecified atom stereocenters. The lowest BCUT2D eigenvalue weighted by molar-refractivity contribution is -0.119. The number of pyridine rings is 1. The summed E-state index contributed by atoms with van der Waals surface area (Å²) in [5, 5.41) is 8.73. The summed E-state index contributed by atoms with van der Waals surface area (Å²) in [6, 6.07) is 3.42. The van der Waals surface area contributed by atoms with Gasteiger partial charge < -0.3 is 16.0 Å². The predicted molar refractivity (Wildman–Crippen MR) is 81.4 cm³/mol. The smallest absolute Gasteiger partial charge is 0.251 e. The molecule has 21 heavy (non-hydrogen) atoms. The maximum Gasteiger partial charge on any atom is 0.251 e. The minimum atomic E-state index is -0.167. The van der Waals surface area contributed by atoms with Gasteiger partial charge in [0.15, 0.2) is 0 Å². The average Bonchev–Trinajstić information content (AvgIpc) is 2.84. The van der Waals surface area contributed by atoms with Crippen LogP contribution in [0.3, 0.4) is 0 Å². The van der Waals surface area contributed by atoms with E-state index in [1.165, 1.54) is 0 Å². The average molecular weight is 290 g/mol. The second kappa shape index (κ2) is 6.56. The second-order valence-corrected chi connectivity index (χ2v) is 5.53. The molecule has 1 saturated heterocycles. The Bertz CT molecular complexity index is 542. The minimum absolute atomic E-state index is 0.0220. The third-order valence-electron chi connectivity index (χ3n) is 3.37. The minimum Gasteiger partial charge on any atom is -0.370 e. The van der Waals surface area contributed by atoms with Crippen LogP contribution in [-0.4, -0.2) is 35.9 Å². The number of carbonyl (C=O) groups is 2. The summed E-state index contributed by atoms with van der Waals surface area (Å²) >= 11 is 0. The molecule has 0 saturated carbocycles. The van der Waals surface area contributed by atoms with Crippen molar-refractivity contribution in [2.75, 3.05) is 18.4 Å². The summed E-state index contributed by atoms with van der Waals surface area (Å²) < 4.78 is 0. The van der Waals surface area contributed by atoms with Crippen molar-refractivity contribution in [2.24, 2.45) is 0 Å². The fraction of sp³-hybridized carbons (Fsp3) is 0.533. The molecule has 1 aromatic heterocycles. The molecule has 2 heterocycles.